The Bertz CT molecular complexity index is 4120. The van der Waals surface area contributed by atoms with Gasteiger partial charge in [-0.05, 0) is 108 Å². The molecule has 0 aromatic heterocycles. The Morgan fingerprint density at radius 1 is 0.274 bits per heavy atom. The predicted octanol–water partition coefficient (Wildman–Crippen LogP) is 19.9. The zero-order valence-corrected chi connectivity index (χ0v) is 53.3. The summed E-state index contributed by atoms with van der Waals surface area (Å²) >= 11 is -9.34. The molecule has 10 aromatic carbocycles. The van der Waals surface area contributed by atoms with E-state index in [0.29, 0.717) is 27.7 Å². The number of halogens is 24. The van der Waals surface area contributed by atoms with Crippen LogP contribution in [-0.4, -0.2) is 25.4 Å². The van der Waals surface area contributed by atoms with Gasteiger partial charge in [-0.1, -0.05) is 116 Å². The van der Waals surface area contributed by atoms with Crippen molar-refractivity contribution in [2.75, 3.05) is 12.3 Å². The minimum atomic E-state index is -9.34. The smallest absolute Gasteiger partial charge is 0.208 e. The lowest BCUT2D eigenvalue weighted by Gasteiger charge is -2.45. The Balaban J connectivity index is 0.000000442. The van der Waals surface area contributed by atoms with E-state index in [1.165, 1.54) is 42.7 Å². The highest BCUT2D eigenvalue weighted by Crippen LogP contribution is 2.43. The molecule has 0 spiro atoms. The second-order valence-corrected chi connectivity index (χ2v) is 28.0. The number of hydrogen-bond donors (Lipinski definition) is 0. The molecule has 95 heavy (non-hydrogen) atoms. The van der Waals surface area contributed by atoms with Crippen molar-refractivity contribution < 1.29 is 105 Å². The number of rotatable bonds is 15. The Hall–Kier alpha value is -7.48. The Labute approximate surface area is 531 Å². The van der Waals surface area contributed by atoms with Crippen LogP contribution in [0.5, 0.6) is 0 Å². The second-order valence-electron chi connectivity index (χ2n) is 22.3. The predicted molar refractivity (Wildman–Crippen MR) is 322 cm³/mol. The van der Waals surface area contributed by atoms with Crippen LogP contribution in [0.4, 0.5) is 105 Å². The molecule has 2 atom stereocenters. The van der Waals surface area contributed by atoms with E-state index in [4.69, 9.17) is 0 Å². The molecule has 0 saturated heterocycles. The first-order valence-electron chi connectivity index (χ1n) is 29.6. The summed E-state index contributed by atoms with van der Waals surface area (Å²) in [6.07, 6.45) is 1.44. The summed E-state index contributed by atoms with van der Waals surface area (Å²) in [7, 11) is 0.783. The van der Waals surface area contributed by atoms with Crippen molar-refractivity contribution in [2.45, 2.75) is 93.4 Å². The molecule has 10 rings (SSSR count). The van der Waals surface area contributed by atoms with Crippen LogP contribution in [0.25, 0.3) is 54.2 Å². The van der Waals surface area contributed by atoms with Crippen LogP contribution >= 0.6 is 8.58 Å². The van der Waals surface area contributed by atoms with E-state index >= 15 is 105 Å². The largest absolute Gasteiger partial charge is 0.286 e. The van der Waals surface area contributed by atoms with Crippen molar-refractivity contribution in [3.63, 3.8) is 0 Å². The topological polar surface area (TPSA) is 0 Å². The first kappa shape index (κ1) is 73.3. The van der Waals surface area contributed by atoms with Crippen LogP contribution < -0.4 is 17.7 Å². The van der Waals surface area contributed by atoms with E-state index in [9.17, 15) is 0 Å². The summed E-state index contributed by atoms with van der Waals surface area (Å²) in [6, 6.07) is 20.8. The van der Waals surface area contributed by atoms with Gasteiger partial charge < -0.3 is 0 Å². The molecule has 0 radical (unpaired) electrons. The van der Waals surface area contributed by atoms with Crippen LogP contribution in [0.2, 0.25) is 0 Å². The Kier molecular flexibility index (Phi) is 22.4. The summed E-state index contributed by atoms with van der Waals surface area (Å²) in [5, 5.41) is -19.6. The van der Waals surface area contributed by atoms with Crippen molar-refractivity contribution >= 4 is 82.5 Å². The molecule has 2 unspecified atom stereocenters. The van der Waals surface area contributed by atoms with Crippen molar-refractivity contribution in [3.8, 4) is 11.1 Å². The molecular formula is C69H52AlF24P. The van der Waals surface area contributed by atoms with Crippen molar-refractivity contribution in [3.05, 3.63) is 223 Å². The normalized spacial score (nSPS) is 12.2. The Morgan fingerprint density at radius 2 is 0.495 bits per heavy atom. The molecule has 10 aromatic rings. The van der Waals surface area contributed by atoms with Crippen molar-refractivity contribution in [1.29, 1.82) is 0 Å². The molecule has 0 amide bonds. The molecule has 0 heterocycles. The zero-order chi connectivity index (χ0) is 70.5. The lowest BCUT2D eigenvalue weighted by molar-refractivity contribution is 0.433. The van der Waals surface area contributed by atoms with E-state index in [2.05, 4.69) is 69.3 Å². The summed E-state index contributed by atoms with van der Waals surface area (Å²) in [5.41, 5.74) is -4.97. The molecule has 0 nitrogen and oxygen atoms in total. The minimum absolute atomic E-state index is 0.618. The quantitative estimate of drug-likeness (QED) is 0.0315. The number of hydrogen-bond acceptors (Lipinski definition) is 0. The second kappa shape index (κ2) is 29.1. The third-order valence-electron chi connectivity index (χ3n) is 17.0. The lowest BCUT2D eigenvalue weighted by atomic mass is 9.98. The van der Waals surface area contributed by atoms with Crippen LogP contribution in [0.15, 0.2) is 60.7 Å². The zero-order valence-electron chi connectivity index (χ0n) is 50.9. The van der Waals surface area contributed by atoms with E-state index in [0.717, 1.165) is 14.5 Å². The molecule has 504 valence electrons. The van der Waals surface area contributed by atoms with Gasteiger partial charge in [0, 0.05) is 0 Å². The van der Waals surface area contributed by atoms with Gasteiger partial charge in [-0.15, -0.1) is 0 Å². The fraction of sp³-hybridized carbons (Fsp3) is 0.246. The van der Waals surface area contributed by atoms with Gasteiger partial charge in [-0.25, -0.2) is 105 Å². The molecule has 0 aliphatic heterocycles. The highest BCUT2D eigenvalue weighted by Gasteiger charge is 2.54. The summed E-state index contributed by atoms with van der Waals surface area (Å²) in [5.74, 6) is -73.2. The van der Waals surface area contributed by atoms with Gasteiger partial charge >= 0.3 is 0 Å². The van der Waals surface area contributed by atoms with Gasteiger partial charge in [0.1, 0.15) is 23.3 Å². The third kappa shape index (κ3) is 11.8. The van der Waals surface area contributed by atoms with E-state index in [1.807, 2.05) is 12.1 Å². The summed E-state index contributed by atoms with van der Waals surface area (Å²) in [6.45, 7) is 9.44. The number of benzene rings is 10. The molecule has 0 fully saturated rings. The average Bonchev–Trinajstić information content (AvgIpc) is 0.662. The average molecular weight is 1400 g/mol. The van der Waals surface area contributed by atoms with E-state index in [1.54, 1.807) is 0 Å². The van der Waals surface area contributed by atoms with Crippen LogP contribution in [0.3, 0.4) is 0 Å². The van der Waals surface area contributed by atoms with Crippen LogP contribution in [-0.2, 0) is 25.7 Å². The van der Waals surface area contributed by atoms with Gasteiger partial charge in [0.2, 0.25) is 0 Å². The SMILES string of the molecule is CCC[PH2+]CC(C)CCC.CCc1c(F)c(F)c(F)c2c(F)c(F)c(F)[c]([Al-]([c]3c(F)c(F)c(F)c4c(F)c(F)c(F)c(CC)c34)([c]3c(F)c(F)c(F)c4c(F)c(F)c(F)c(CC)c34)[c]3c(F)c(F)c(F)c4c(F)c(F)c(F)c(CC)c34)c12.c1ccc(-c2ccccc2)cc1. The standard InChI is InChI=1S/4C12H5F6.C12H10.C9H21P.Al/c4*1-2-4-5-3-6(13)9(15)10(16)7(5)11(17)12(18)8(4)14;1-3-7-11(8-4-1)12-9-5-2-6-10-12;1-4-6-9(3)8-10-7-5-2;/h4*2H2,1H3;1-10H;9-10H,4-8H2,1-3H3;/q;;;;;;-1/p+1. The first-order chi connectivity index (χ1) is 44.9. The molecule has 0 saturated carbocycles. The van der Waals surface area contributed by atoms with Gasteiger partial charge in [0.15, 0.2) is 116 Å². The monoisotopic (exact) mass is 1390 g/mol. The van der Waals surface area contributed by atoms with Gasteiger partial charge in [-0.3, -0.25) is 0 Å². The summed E-state index contributed by atoms with van der Waals surface area (Å²) < 4.78 is 387. The van der Waals surface area contributed by atoms with Gasteiger partial charge in [0.05, 0.1) is 33.9 Å². The Morgan fingerprint density at radius 3 is 0.695 bits per heavy atom. The summed E-state index contributed by atoms with van der Waals surface area (Å²) in [4.78, 5) is 0. The number of fused-ring (bicyclic) bond motifs is 4. The van der Waals surface area contributed by atoms with Gasteiger partial charge in [0.25, 0.3) is 13.1 Å². The lowest BCUT2D eigenvalue weighted by Crippen LogP contribution is -2.79. The van der Waals surface area contributed by atoms with E-state index < -0.39 is 261 Å². The van der Waals surface area contributed by atoms with E-state index in [-0.39, 0.29) is 0 Å². The third-order valence-corrected chi connectivity index (χ3v) is 24.8. The fourth-order valence-electron chi connectivity index (χ4n) is 12.9. The molecule has 26 heteroatoms. The maximum Gasteiger partial charge on any atom is 0.286 e. The molecule has 0 bridgehead atoms. The highest BCUT2D eigenvalue weighted by atomic mass is 31.1. The molecule has 0 aliphatic rings. The maximum absolute atomic E-state index is 18.2. The van der Waals surface area contributed by atoms with Gasteiger partial charge in [-0.2, -0.15) is 17.7 Å². The molecular weight excluding hydrogens is 1340 g/mol. The van der Waals surface area contributed by atoms with Crippen molar-refractivity contribution in [2.24, 2.45) is 5.92 Å². The van der Waals surface area contributed by atoms with Crippen LogP contribution in [0, 0.1) is 146 Å². The maximum atomic E-state index is 18.2. The first-order valence-corrected chi connectivity index (χ1v) is 33.6. The minimum Gasteiger partial charge on any atom is -0.208 e. The fourth-order valence-corrected chi connectivity index (χ4v) is 21.1. The van der Waals surface area contributed by atoms with Crippen LogP contribution in [0.1, 0.15) is 90.0 Å². The van der Waals surface area contributed by atoms with Crippen molar-refractivity contribution in [1.82, 2.24) is 0 Å². The molecule has 0 aliphatic carbocycles. The number of aryl methyl sites for hydroxylation is 4. The molecule has 0 N–H and O–H groups in total. The highest BCUT2D eigenvalue weighted by molar-refractivity contribution is 7.37.